The number of carbonyl (C=O) groups is 1. The summed E-state index contributed by atoms with van der Waals surface area (Å²) < 4.78 is 5.79. The fraction of sp³-hybridized carbons (Fsp3) is 0.160. The molecule has 0 aliphatic carbocycles. The van der Waals surface area contributed by atoms with E-state index in [9.17, 15) is 4.79 Å². The molecule has 0 saturated heterocycles. The maximum Gasteiger partial charge on any atom is 0.338 e. The van der Waals surface area contributed by atoms with E-state index in [2.05, 4.69) is 19.1 Å². The van der Waals surface area contributed by atoms with Crippen LogP contribution in [0, 0.1) is 6.92 Å². The van der Waals surface area contributed by atoms with Gasteiger partial charge in [0.05, 0.1) is 5.56 Å². The van der Waals surface area contributed by atoms with Crippen molar-refractivity contribution in [1.29, 1.82) is 0 Å². The zero-order valence-electron chi connectivity index (χ0n) is 15.5. The van der Waals surface area contributed by atoms with E-state index in [1.807, 2.05) is 72.8 Å². The van der Waals surface area contributed by atoms with Crippen molar-refractivity contribution >= 4 is 12.0 Å². The Bertz CT molecular complexity index is 882. The van der Waals surface area contributed by atoms with Gasteiger partial charge in [0.15, 0.2) is 0 Å². The average Bonchev–Trinajstić information content (AvgIpc) is 2.72. The van der Waals surface area contributed by atoms with Crippen molar-refractivity contribution in [3.05, 3.63) is 113 Å². The summed E-state index contributed by atoms with van der Waals surface area (Å²) in [6, 6.07) is 27.5. The van der Waals surface area contributed by atoms with Crippen LogP contribution in [0.15, 0.2) is 91.0 Å². The van der Waals surface area contributed by atoms with Crippen molar-refractivity contribution in [1.82, 2.24) is 0 Å². The predicted molar refractivity (Wildman–Crippen MR) is 111 cm³/mol. The molecule has 0 amide bonds. The molecule has 0 radical (unpaired) electrons. The van der Waals surface area contributed by atoms with E-state index in [0.717, 1.165) is 18.4 Å². The Labute approximate surface area is 161 Å². The standard InChI is InChI=1S/C25H24O2/c1-20-10-8-9-13-22(20)17-19-24(18-16-21-11-4-2-5-12-21)27-25(26)23-14-6-3-7-15-23/h2-16,18,24H,17,19H2,1H3/b18-16+/t24-/m0/s1. The summed E-state index contributed by atoms with van der Waals surface area (Å²) >= 11 is 0. The molecule has 0 N–H and O–H groups in total. The zero-order chi connectivity index (χ0) is 18.9. The molecule has 0 unspecified atom stereocenters. The first kappa shape index (κ1) is 18.7. The van der Waals surface area contributed by atoms with Gasteiger partial charge in [0.1, 0.15) is 6.10 Å². The molecule has 0 heterocycles. The summed E-state index contributed by atoms with van der Waals surface area (Å²) in [6.45, 7) is 2.11. The van der Waals surface area contributed by atoms with Gasteiger partial charge in [0.25, 0.3) is 0 Å². The van der Waals surface area contributed by atoms with Gasteiger partial charge in [-0.25, -0.2) is 4.79 Å². The van der Waals surface area contributed by atoms with E-state index in [-0.39, 0.29) is 12.1 Å². The summed E-state index contributed by atoms with van der Waals surface area (Å²) in [6.07, 6.45) is 5.32. The largest absolute Gasteiger partial charge is 0.455 e. The molecular formula is C25H24O2. The van der Waals surface area contributed by atoms with Gasteiger partial charge in [0, 0.05) is 0 Å². The summed E-state index contributed by atoms with van der Waals surface area (Å²) in [5.74, 6) is -0.289. The fourth-order valence-electron chi connectivity index (χ4n) is 2.95. The minimum Gasteiger partial charge on any atom is -0.455 e. The maximum absolute atomic E-state index is 12.5. The quantitative estimate of drug-likeness (QED) is 0.495. The topological polar surface area (TPSA) is 26.3 Å². The van der Waals surface area contributed by atoms with Crippen molar-refractivity contribution in [2.45, 2.75) is 25.9 Å². The van der Waals surface area contributed by atoms with Crippen LogP contribution in [0.5, 0.6) is 0 Å². The number of ether oxygens (including phenoxy) is 1. The molecule has 0 aromatic heterocycles. The lowest BCUT2D eigenvalue weighted by Crippen LogP contribution is -2.17. The zero-order valence-corrected chi connectivity index (χ0v) is 15.5. The Hall–Kier alpha value is -3.13. The summed E-state index contributed by atoms with van der Waals surface area (Å²) in [5.41, 5.74) is 4.21. The second-order valence-corrected chi connectivity index (χ2v) is 6.54. The Balaban J connectivity index is 1.72. The number of esters is 1. The third kappa shape index (κ3) is 5.68. The van der Waals surface area contributed by atoms with E-state index in [0.29, 0.717) is 5.56 Å². The normalized spacial score (nSPS) is 12.0. The van der Waals surface area contributed by atoms with Gasteiger partial charge in [-0.15, -0.1) is 0 Å². The van der Waals surface area contributed by atoms with Crippen LogP contribution < -0.4 is 0 Å². The molecular weight excluding hydrogens is 332 g/mol. The Morgan fingerprint density at radius 3 is 2.22 bits per heavy atom. The van der Waals surface area contributed by atoms with E-state index in [1.165, 1.54) is 11.1 Å². The molecule has 0 bridgehead atoms. The minimum atomic E-state index is -0.289. The number of aryl methyl sites for hydroxylation is 2. The highest BCUT2D eigenvalue weighted by atomic mass is 16.5. The maximum atomic E-state index is 12.5. The molecule has 3 rings (SSSR count). The Kier molecular flexibility index (Phi) is 6.59. The van der Waals surface area contributed by atoms with Crippen LogP contribution in [-0.4, -0.2) is 12.1 Å². The first-order valence-electron chi connectivity index (χ1n) is 9.26. The SMILES string of the molecule is Cc1ccccc1CC[C@H](/C=C/c1ccccc1)OC(=O)c1ccccc1. The monoisotopic (exact) mass is 356 g/mol. The highest BCUT2D eigenvalue weighted by Gasteiger charge is 2.14. The molecule has 0 spiro atoms. The Morgan fingerprint density at radius 2 is 1.52 bits per heavy atom. The Morgan fingerprint density at radius 1 is 0.889 bits per heavy atom. The van der Waals surface area contributed by atoms with Crippen molar-refractivity contribution in [3.63, 3.8) is 0 Å². The second-order valence-electron chi connectivity index (χ2n) is 6.54. The van der Waals surface area contributed by atoms with Crippen LogP contribution in [0.4, 0.5) is 0 Å². The van der Waals surface area contributed by atoms with Crippen LogP contribution in [0.1, 0.15) is 33.5 Å². The number of carbonyl (C=O) groups excluding carboxylic acids is 1. The molecule has 0 saturated carbocycles. The lowest BCUT2D eigenvalue weighted by molar-refractivity contribution is 0.0382. The summed E-state index contributed by atoms with van der Waals surface area (Å²) in [7, 11) is 0. The number of hydrogen-bond acceptors (Lipinski definition) is 2. The first-order valence-corrected chi connectivity index (χ1v) is 9.26. The van der Waals surface area contributed by atoms with Crippen LogP contribution in [0.25, 0.3) is 6.08 Å². The molecule has 0 aliphatic heterocycles. The summed E-state index contributed by atoms with van der Waals surface area (Å²) in [4.78, 5) is 12.5. The van der Waals surface area contributed by atoms with Gasteiger partial charge in [-0.2, -0.15) is 0 Å². The van der Waals surface area contributed by atoms with Crippen molar-refractivity contribution < 1.29 is 9.53 Å². The highest BCUT2D eigenvalue weighted by Crippen LogP contribution is 2.15. The third-order valence-electron chi connectivity index (χ3n) is 4.53. The van der Waals surface area contributed by atoms with Gasteiger partial charge in [-0.05, 0) is 54.7 Å². The van der Waals surface area contributed by atoms with Gasteiger partial charge >= 0.3 is 5.97 Å². The molecule has 2 heteroatoms. The fourth-order valence-corrected chi connectivity index (χ4v) is 2.95. The molecule has 0 fully saturated rings. The molecule has 0 aliphatic rings. The van der Waals surface area contributed by atoms with Crippen molar-refractivity contribution in [2.24, 2.45) is 0 Å². The van der Waals surface area contributed by atoms with Crippen LogP contribution >= 0.6 is 0 Å². The van der Waals surface area contributed by atoms with Crippen LogP contribution in [0.3, 0.4) is 0 Å². The van der Waals surface area contributed by atoms with E-state index in [1.54, 1.807) is 12.1 Å². The number of benzene rings is 3. The first-order chi connectivity index (χ1) is 13.2. The lowest BCUT2D eigenvalue weighted by atomic mass is 10.0. The predicted octanol–water partition coefficient (Wildman–Crippen LogP) is 5.87. The van der Waals surface area contributed by atoms with Gasteiger partial charge < -0.3 is 4.74 Å². The van der Waals surface area contributed by atoms with E-state index < -0.39 is 0 Å². The van der Waals surface area contributed by atoms with Gasteiger partial charge in [-0.1, -0.05) is 78.9 Å². The molecule has 3 aromatic rings. The lowest BCUT2D eigenvalue weighted by Gasteiger charge is -2.15. The van der Waals surface area contributed by atoms with Crippen LogP contribution in [0.2, 0.25) is 0 Å². The summed E-state index contributed by atoms with van der Waals surface area (Å²) in [5, 5.41) is 0. The van der Waals surface area contributed by atoms with E-state index >= 15 is 0 Å². The molecule has 136 valence electrons. The minimum absolute atomic E-state index is 0.280. The average molecular weight is 356 g/mol. The molecule has 27 heavy (non-hydrogen) atoms. The van der Waals surface area contributed by atoms with Gasteiger partial charge in [-0.3, -0.25) is 0 Å². The third-order valence-corrected chi connectivity index (χ3v) is 4.53. The van der Waals surface area contributed by atoms with Crippen LogP contribution in [-0.2, 0) is 11.2 Å². The number of hydrogen-bond donors (Lipinski definition) is 0. The van der Waals surface area contributed by atoms with Gasteiger partial charge in [0.2, 0.25) is 0 Å². The van der Waals surface area contributed by atoms with E-state index in [4.69, 9.17) is 4.74 Å². The second kappa shape index (κ2) is 9.54. The molecule has 2 nitrogen and oxygen atoms in total. The molecule has 3 aromatic carbocycles. The molecule has 1 atom stereocenters. The highest BCUT2D eigenvalue weighted by molar-refractivity contribution is 5.89. The van der Waals surface area contributed by atoms with Crippen molar-refractivity contribution in [3.8, 4) is 0 Å². The van der Waals surface area contributed by atoms with Crippen molar-refractivity contribution in [2.75, 3.05) is 0 Å². The number of rotatable bonds is 7. The smallest absolute Gasteiger partial charge is 0.338 e.